The number of anilines is 2. The van der Waals surface area contributed by atoms with Crippen molar-refractivity contribution < 1.29 is 19.8 Å². The third kappa shape index (κ3) is 4.71. The Bertz CT molecular complexity index is 468. The highest BCUT2D eigenvalue weighted by Gasteiger charge is 2.16. The average molecular weight is 283 g/mol. The molecule has 0 fully saturated rings. The van der Waals surface area contributed by atoms with Crippen molar-refractivity contribution in [3.05, 3.63) is 18.3 Å². The van der Waals surface area contributed by atoms with E-state index in [1.54, 1.807) is 0 Å². The molecule has 1 heterocycles. The highest BCUT2D eigenvalue weighted by Crippen LogP contribution is 2.16. The number of nitrogens with one attached hydrogen (secondary N) is 2. The van der Waals surface area contributed by atoms with E-state index in [2.05, 4.69) is 15.6 Å². The Morgan fingerprint density at radius 3 is 2.70 bits per heavy atom. The number of primary amides is 1. The topological polar surface area (TPSA) is 141 Å². The number of carbonyl (C=O) groups excluding carboxylic acids is 2. The van der Waals surface area contributed by atoms with Crippen LogP contribution in [0, 0.1) is 0 Å². The van der Waals surface area contributed by atoms with Crippen LogP contribution in [-0.4, -0.2) is 53.6 Å². The van der Waals surface area contributed by atoms with Gasteiger partial charge in [-0.05, 0) is 6.07 Å². The van der Waals surface area contributed by atoms with Crippen LogP contribution in [0.3, 0.4) is 0 Å². The number of aromatic nitrogens is 1. The van der Waals surface area contributed by atoms with Crippen molar-refractivity contribution in [3.63, 3.8) is 0 Å². The minimum Gasteiger partial charge on any atom is -0.395 e. The summed E-state index contributed by atoms with van der Waals surface area (Å²) in [6, 6.07) is 1.70. The third-order valence-corrected chi connectivity index (χ3v) is 2.25. The largest absolute Gasteiger partial charge is 0.395 e. The van der Waals surface area contributed by atoms with E-state index in [0.29, 0.717) is 5.69 Å². The van der Waals surface area contributed by atoms with E-state index in [9.17, 15) is 9.59 Å². The van der Waals surface area contributed by atoms with Gasteiger partial charge in [-0.1, -0.05) is 0 Å². The molecule has 4 amide bonds. The second kappa shape index (κ2) is 7.92. The van der Waals surface area contributed by atoms with Gasteiger partial charge in [0.2, 0.25) is 0 Å². The molecule has 0 spiro atoms. The number of amides is 4. The van der Waals surface area contributed by atoms with Crippen molar-refractivity contribution in [2.45, 2.75) is 0 Å². The maximum Gasteiger partial charge on any atom is 0.323 e. The van der Waals surface area contributed by atoms with E-state index in [1.165, 1.54) is 23.2 Å². The molecule has 0 radical (unpaired) electrons. The zero-order chi connectivity index (χ0) is 15.0. The summed E-state index contributed by atoms with van der Waals surface area (Å²) in [4.78, 5) is 27.8. The van der Waals surface area contributed by atoms with Gasteiger partial charge in [0, 0.05) is 24.5 Å². The van der Waals surface area contributed by atoms with E-state index in [4.69, 9.17) is 15.9 Å². The molecular weight excluding hydrogens is 266 g/mol. The molecule has 1 aromatic heterocycles. The number of hydrogen-bond donors (Lipinski definition) is 5. The van der Waals surface area contributed by atoms with Gasteiger partial charge < -0.3 is 26.6 Å². The van der Waals surface area contributed by atoms with E-state index in [1.807, 2.05) is 0 Å². The van der Waals surface area contributed by atoms with Crippen molar-refractivity contribution in [1.82, 2.24) is 10.3 Å². The van der Waals surface area contributed by atoms with Crippen LogP contribution in [0.1, 0.15) is 0 Å². The summed E-state index contributed by atoms with van der Waals surface area (Å²) in [6.45, 7) is -0.360. The van der Waals surface area contributed by atoms with Gasteiger partial charge in [0.15, 0.2) is 0 Å². The molecule has 0 bridgehead atoms. The number of pyridine rings is 1. The minimum atomic E-state index is -0.736. The van der Waals surface area contributed by atoms with Gasteiger partial charge in [0.25, 0.3) is 0 Å². The van der Waals surface area contributed by atoms with Crippen LogP contribution in [0.2, 0.25) is 0 Å². The molecule has 0 saturated carbocycles. The number of hydrogen-bond acceptors (Lipinski definition) is 5. The lowest BCUT2D eigenvalue weighted by Crippen LogP contribution is -2.43. The molecule has 0 unspecified atom stereocenters. The first-order chi connectivity index (χ1) is 9.58. The molecular formula is C11H17N5O4. The van der Waals surface area contributed by atoms with E-state index in [0.717, 1.165) is 0 Å². The van der Waals surface area contributed by atoms with Gasteiger partial charge >= 0.3 is 12.1 Å². The first-order valence-corrected chi connectivity index (χ1v) is 5.88. The lowest BCUT2D eigenvalue weighted by molar-refractivity contribution is 0.235. The highest BCUT2D eigenvalue weighted by atomic mass is 16.3. The fourth-order valence-corrected chi connectivity index (χ4v) is 1.46. The fourth-order valence-electron chi connectivity index (χ4n) is 1.46. The number of nitrogens with two attached hydrogens (primary N) is 1. The molecule has 0 aliphatic carbocycles. The molecule has 0 saturated heterocycles. The molecule has 0 atom stereocenters. The summed E-state index contributed by atoms with van der Waals surface area (Å²) in [5.41, 5.74) is 5.38. The number of nitrogens with zero attached hydrogens (tertiary/aromatic N) is 2. The number of aliphatic hydroxyl groups excluding tert-OH is 2. The van der Waals surface area contributed by atoms with E-state index in [-0.39, 0.29) is 32.1 Å². The van der Waals surface area contributed by atoms with Crippen LogP contribution >= 0.6 is 0 Å². The predicted molar refractivity (Wildman–Crippen MR) is 72.4 cm³/mol. The van der Waals surface area contributed by atoms with Crippen LogP contribution in [-0.2, 0) is 0 Å². The molecule has 1 rings (SSSR count). The molecule has 9 nitrogen and oxygen atoms in total. The van der Waals surface area contributed by atoms with E-state index < -0.39 is 12.1 Å². The van der Waals surface area contributed by atoms with Crippen molar-refractivity contribution in [1.29, 1.82) is 0 Å². The molecule has 1 aromatic rings. The highest BCUT2D eigenvalue weighted by molar-refractivity contribution is 5.93. The molecule has 6 N–H and O–H groups in total. The Kier molecular flexibility index (Phi) is 6.20. The predicted octanol–water partition coefficient (Wildman–Crippen LogP) is -0.927. The molecule has 9 heteroatoms. The summed E-state index contributed by atoms with van der Waals surface area (Å²) in [5.74, 6) is 0.237. The molecule has 0 aromatic carbocycles. The first kappa shape index (κ1) is 15.7. The molecule has 0 aliphatic rings. The maximum atomic E-state index is 11.9. The normalized spacial score (nSPS) is 9.90. The number of carbonyl (C=O) groups is 2. The second-order valence-corrected chi connectivity index (χ2v) is 3.72. The van der Waals surface area contributed by atoms with Gasteiger partial charge in [-0.3, -0.25) is 4.90 Å². The average Bonchev–Trinajstić information content (AvgIpc) is 2.41. The number of aliphatic hydroxyl groups is 2. The van der Waals surface area contributed by atoms with Gasteiger partial charge in [0.1, 0.15) is 5.82 Å². The Morgan fingerprint density at radius 1 is 1.35 bits per heavy atom. The first-order valence-electron chi connectivity index (χ1n) is 5.88. The van der Waals surface area contributed by atoms with Crippen molar-refractivity contribution >= 4 is 23.6 Å². The Labute approximate surface area is 115 Å². The summed E-state index contributed by atoms with van der Waals surface area (Å²) < 4.78 is 0. The zero-order valence-electron chi connectivity index (χ0n) is 10.7. The second-order valence-electron chi connectivity index (χ2n) is 3.72. The smallest absolute Gasteiger partial charge is 0.323 e. The Balaban J connectivity index is 2.90. The quantitative estimate of drug-likeness (QED) is 0.459. The molecule has 20 heavy (non-hydrogen) atoms. The number of urea groups is 2. The van der Waals surface area contributed by atoms with Gasteiger partial charge in [-0.15, -0.1) is 0 Å². The van der Waals surface area contributed by atoms with Crippen LogP contribution < -0.4 is 21.3 Å². The van der Waals surface area contributed by atoms with Crippen LogP contribution in [0.4, 0.5) is 21.1 Å². The van der Waals surface area contributed by atoms with Gasteiger partial charge in [0.05, 0.1) is 19.8 Å². The van der Waals surface area contributed by atoms with Crippen molar-refractivity contribution in [2.75, 3.05) is 36.5 Å². The maximum absolute atomic E-state index is 11.9. The minimum absolute atomic E-state index is 0.0181. The van der Waals surface area contributed by atoms with Crippen LogP contribution in [0.15, 0.2) is 18.3 Å². The number of rotatable bonds is 6. The molecule has 0 aliphatic heterocycles. The van der Waals surface area contributed by atoms with Crippen LogP contribution in [0.25, 0.3) is 0 Å². The lowest BCUT2D eigenvalue weighted by Gasteiger charge is -2.21. The third-order valence-electron chi connectivity index (χ3n) is 2.25. The standard InChI is InChI=1S/C11H17N5O4/c12-10(19)15-8-1-2-13-9(7-8)16(4-6-18)11(20)14-3-5-17/h1-2,7,17-18H,3-6H2,(H,14,20)(H3,12,13,15,19). The summed E-state index contributed by atoms with van der Waals surface area (Å²) in [7, 11) is 0. The summed E-state index contributed by atoms with van der Waals surface area (Å²) in [5, 5.41) is 22.5. The molecule has 110 valence electrons. The Morgan fingerprint density at radius 2 is 2.10 bits per heavy atom. The van der Waals surface area contributed by atoms with Crippen LogP contribution in [0.5, 0.6) is 0 Å². The summed E-state index contributed by atoms with van der Waals surface area (Å²) in [6.07, 6.45) is 1.39. The fraction of sp³-hybridized carbons (Fsp3) is 0.364. The monoisotopic (exact) mass is 283 g/mol. The van der Waals surface area contributed by atoms with Gasteiger partial charge in [-0.2, -0.15) is 0 Å². The Hall–Kier alpha value is -2.39. The zero-order valence-corrected chi connectivity index (χ0v) is 10.7. The van der Waals surface area contributed by atoms with E-state index >= 15 is 0 Å². The van der Waals surface area contributed by atoms with Crippen molar-refractivity contribution in [2.24, 2.45) is 5.73 Å². The summed E-state index contributed by atoms with van der Waals surface area (Å²) >= 11 is 0. The van der Waals surface area contributed by atoms with Gasteiger partial charge in [-0.25, -0.2) is 14.6 Å². The SMILES string of the molecule is NC(=O)Nc1ccnc(N(CCO)C(=O)NCCO)c1. The lowest BCUT2D eigenvalue weighted by atomic mass is 10.3. The van der Waals surface area contributed by atoms with Crippen molar-refractivity contribution in [3.8, 4) is 0 Å².